The lowest BCUT2D eigenvalue weighted by Gasteiger charge is -2.18. The molecule has 0 aliphatic heterocycles. The van der Waals surface area contributed by atoms with Crippen LogP contribution in [-0.2, 0) is 0 Å². The van der Waals surface area contributed by atoms with Gasteiger partial charge in [0, 0.05) is 17.3 Å². The molecule has 1 aromatic heterocycles. The zero-order chi connectivity index (χ0) is 15.6. The maximum absolute atomic E-state index is 5.93. The van der Waals surface area contributed by atoms with Crippen molar-refractivity contribution in [2.24, 2.45) is 0 Å². The van der Waals surface area contributed by atoms with E-state index >= 15 is 0 Å². The lowest BCUT2D eigenvalue weighted by Crippen LogP contribution is -2.10. The Morgan fingerprint density at radius 3 is 2.52 bits per heavy atom. The van der Waals surface area contributed by atoms with Gasteiger partial charge in [0.1, 0.15) is 11.5 Å². The van der Waals surface area contributed by atoms with Gasteiger partial charge in [-0.25, -0.2) is 0 Å². The number of hydrogen-bond donors (Lipinski definition) is 2. The van der Waals surface area contributed by atoms with Gasteiger partial charge in [0.2, 0.25) is 0 Å². The largest absolute Gasteiger partial charge is 0.489 e. The quantitative estimate of drug-likeness (QED) is 0.818. The molecule has 0 aliphatic carbocycles. The van der Waals surface area contributed by atoms with Crippen molar-refractivity contribution in [3.05, 3.63) is 35.2 Å². The van der Waals surface area contributed by atoms with E-state index in [1.165, 1.54) is 0 Å². The van der Waals surface area contributed by atoms with Gasteiger partial charge >= 0.3 is 0 Å². The number of nitrogens with zero attached hydrogens (tertiary/aromatic N) is 1. The van der Waals surface area contributed by atoms with Crippen LogP contribution in [0.4, 0.5) is 11.4 Å². The predicted molar refractivity (Wildman–Crippen MR) is 84.6 cm³/mol. The Bertz CT molecular complexity index is 600. The molecule has 0 spiro atoms. The van der Waals surface area contributed by atoms with Gasteiger partial charge in [-0.05, 0) is 46.8 Å². The molecule has 5 nitrogen and oxygen atoms in total. The number of benzene rings is 1. The van der Waals surface area contributed by atoms with Crippen molar-refractivity contribution in [1.82, 2.24) is 5.16 Å². The second-order valence-corrected chi connectivity index (χ2v) is 5.52. The molecule has 0 saturated heterocycles. The highest BCUT2D eigenvalue weighted by molar-refractivity contribution is 5.62. The highest BCUT2D eigenvalue weighted by atomic mass is 16.5. The third-order valence-corrected chi connectivity index (χ3v) is 3.28. The highest BCUT2D eigenvalue weighted by Crippen LogP contribution is 2.30. The summed E-state index contributed by atoms with van der Waals surface area (Å²) in [6.45, 7) is 9.90. The number of nitrogens with two attached hydrogens (primary N) is 1. The number of hydrogen-bond acceptors (Lipinski definition) is 5. The van der Waals surface area contributed by atoms with Crippen LogP contribution in [0.3, 0.4) is 0 Å². The number of aryl methyl sites for hydroxylation is 2. The smallest absolute Gasteiger partial charge is 0.144 e. The highest BCUT2D eigenvalue weighted by Gasteiger charge is 2.16. The summed E-state index contributed by atoms with van der Waals surface area (Å²) in [5.74, 6) is 1.53. The van der Waals surface area contributed by atoms with E-state index in [2.05, 4.69) is 17.4 Å². The Kier molecular flexibility index (Phi) is 4.40. The molecule has 5 heteroatoms. The van der Waals surface area contributed by atoms with Crippen LogP contribution < -0.4 is 15.8 Å². The van der Waals surface area contributed by atoms with Crippen molar-refractivity contribution in [3.8, 4) is 5.75 Å². The van der Waals surface area contributed by atoms with Crippen molar-refractivity contribution in [3.63, 3.8) is 0 Å². The zero-order valence-corrected chi connectivity index (χ0v) is 13.2. The third kappa shape index (κ3) is 3.48. The first-order valence-electron chi connectivity index (χ1n) is 7.14. The SMILES string of the molecule is Cc1noc(C)c1C(C)Nc1ccc(N)c(OC(C)C)c1. The van der Waals surface area contributed by atoms with Crippen LogP contribution in [0.25, 0.3) is 0 Å². The van der Waals surface area contributed by atoms with Crippen LogP contribution in [0.15, 0.2) is 22.7 Å². The van der Waals surface area contributed by atoms with Gasteiger partial charge in [-0.15, -0.1) is 0 Å². The number of nitrogen functional groups attached to an aromatic ring is 1. The van der Waals surface area contributed by atoms with E-state index in [0.717, 1.165) is 22.7 Å². The van der Waals surface area contributed by atoms with Crippen LogP contribution in [-0.4, -0.2) is 11.3 Å². The molecule has 0 radical (unpaired) electrons. The van der Waals surface area contributed by atoms with Crippen LogP contribution >= 0.6 is 0 Å². The number of rotatable bonds is 5. The van der Waals surface area contributed by atoms with Crippen LogP contribution in [0.1, 0.15) is 43.8 Å². The Balaban J connectivity index is 2.20. The van der Waals surface area contributed by atoms with E-state index in [1.54, 1.807) is 0 Å². The molecule has 1 unspecified atom stereocenters. The average molecular weight is 289 g/mol. The molecular weight excluding hydrogens is 266 g/mol. The number of aromatic nitrogens is 1. The van der Waals surface area contributed by atoms with Gasteiger partial charge in [-0.2, -0.15) is 0 Å². The summed E-state index contributed by atoms with van der Waals surface area (Å²) >= 11 is 0. The number of anilines is 2. The van der Waals surface area contributed by atoms with E-state index in [-0.39, 0.29) is 12.1 Å². The molecule has 21 heavy (non-hydrogen) atoms. The summed E-state index contributed by atoms with van der Waals surface area (Å²) in [5.41, 5.74) is 9.51. The lowest BCUT2D eigenvalue weighted by molar-refractivity contribution is 0.244. The van der Waals surface area contributed by atoms with E-state index in [9.17, 15) is 0 Å². The van der Waals surface area contributed by atoms with E-state index in [0.29, 0.717) is 11.4 Å². The van der Waals surface area contributed by atoms with Crippen molar-refractivity contribution >= 4 is 11.4 Å². The Morgan fingerprint density at radius 2 is 1.95 bits per heavy atom. The number of nitrogens with one attached hydrogen (secondary N) is 1. The van der Waals surface area contributed by atoms with Crippen molar-refractivity contribution in [1.29, 1.82) is 0 Å². The van der Waals surface area contributed by atoms with E-state index in [1.807, 2.05) is 45.9 Å². The minimum atomic E-state index is 0.0857. The molecule has 0 saturated carbocycles. The molecule has 2 aromatic rings. The predicted octanol–water partition coefficient (Wildman–Crippen LogP) is 3.83. The average Bonchev–Trinajstić information content (AvgIpc) is 2.72. The summed E-state index contributed by atoms with van der Waals surface area (Å²) in [7, 11) is 0. The second kappa shape index (κ2) is 6.08. The maximum atomic E-state index is 5.93. The van der Waals surface area contributed by atoms with E-state index in [4.69, 9.17) is 15.0 Å². The van der Waals surface area contributed by atoms with Gasteiger partial charge < -0.3 is 20.3 Å². The van der Waals surface area contributed by atoms with Crippen LogP contribution in [0, 0.1) is 13.8 Å². The van der Waals surface area contributed by atoms with Crippen molar-refractivity contribution in [2.75, 3.05) is 11.1 Å². The summed E-state index contributed by atoms with van der Waals surface area (Å²) in [6, 6.07) is 5.80. The first kappa shape index (κ1) is 15.2. The third-order valence-electron chi connectivity index (χ3n) is 3.28. The monoisotopic (exact) mass is 289 g/mol. The van der Waals surface area contributed by atoms with Crippen LogP contribution in [0.5, 0.6) is 5.75 Å². The molecule has 1 atom stereocenters. The van der Waals surface area contributed by atoms with Gasteiger partial charge in [0.05, 0.1) is 23.5 Å². The molecule has 0 bridgehead atoms. The van der Waals surface area contributed by atoms with Crippen molar-refractivity contribution < 1.29 is 9.26 Å². The lowest BCUT2D eigenvalue weighted by atomic mass is 10.1. The van der Waals surface area contributed by atoms with Gasteiger partial charge in [0.25, 0.3) is 0 Å². The molecule has 2 rings (SSSR count). The normalized spacial score (nSPS) is 12.5. The number of ether oxygens (including phenoxy) is 1. The fourth-order valence-corrected chi connectivity index (χ4v) is 2.41. The minimum absolute atomic E-state index is 0.0857. The standard InChI is InChI=1S/C16H23N3O2/c1-9(2)20-15-8-13(6-7-14(15)17)18-10(3)16-11(4)19-21-12(16)5/h6-10,18H,17H2,1-5H3. The molecule has 0 aliphatic rings. The molecular formula is C16H23N3O2. The Hall–Kier alpha value is -2.17. The maximum Gasteiger partial charge on any atom is 0.144 e. The molecule has 114 valence electrons. The van der Waals surface area contributed by atoms with Gasteiger partial charge in [-0.1, -0.05) is 5.16 Å². The fraction of sp³-hybridized carbons (Fsp3) is 0.438. The first-order valence-corrected chi connectivity index (χ1v) is 7.14. The molecule has 0 amide bonds. The van der Waals surface area contributed by atoms with Crippen molar-refractivity contribution in [2.45, 2.75) is 46.8 Å². The topological polar surface area (TPSA) is 73.3 Å². The molecule has 1 heterocycles. The zero-order valence-electron chi connectivity index (χ0n) is 13.2. The first-order chi connectivity index (χ1) is 9.88. The Morgan fingerprint density at radius 1 is 1.24 bits per heavy atom. The molecule has 3 N–H and O–H groups in total. The van der Waals surface area contributed by atoms with Gasteiger partial charge in [-0.3, -0.25) is 0 Å². The minimum Gasteiger partial charge on any atom is -0.489 e. The summed E-state index contributed by atoms with van der Waals surface area (Å²) < 4.78 is 10.9. The summed E-state index contributed by atoms with van der Waals surface area (Å²) in [4.78, 5) is 0. The molecule has 1 aromatic carbocycles. The van der Waals surface area contributed by atoms with Crippen LogP contribution in [0.2, 0.25) is 0 Å². The second-order valence-electron chi connectivity index (χ2n) is 5.52. The van der Waals surface area contributed by atoms with E-state index < -0.39 is 0 Å². The summed E-state index contributed by atoms with van der Waals surface area (Å²) in [6.07, 6.45) is 0.0857. The fourth-order valence-electron chi connectivity index (χ4n) is 2.41. The molecule has 0 fully saturated rings. The summed E-state index contributed by atoms with van der Waals surface area (Å²) in [5, 5.41) is 7.42. The van der Waals surface area contributed by atoms with Gasteiger partial charge in [0.15, 0.2) is 0 Å². The Labute approximate surface area is 125 Å².